The minimum absolute atomic E-state index is 0.132. The standard InChI is InChI=1S/C14H22N2O2/c1-2-11-3-5-12(6-4-11)9-18-10-13(15)7-8-14(16)17/h3-6,13H,2,7-10,15H2,1H3,(H2,16,17). The Labute approximate surface area is 108 Å². The summed E-state index contributed by atoms with van der Waals surface area (Å²) >= 11 is 0. The first kappa shape index (κ1) is 14.7. The van der Waals surface area contributed by atoms with Gasteiger partial charge in [0.25, 0.3) is 0 Å². The smallest absolute Gasteiger partial charge is 0.217 e. The zero-order valence-corrected chi connectivity index (χ0v) is 10.9. The number of hydrogen-bond donors (Lipinski definition) is 2. The summed E-state index contributed by atoms with van der Waals surface area (Å²) in [4.78, 5) is 10.6. The van der Waals surface area contributed by atoms with Crippen LogP contribution in [0.4, 0.5) is 0 Å². The molecule has 0 aromatic heterocycles. The van der Waals surface area contributed by atoms with Crippen LogP contribution >= 0.6 is 0 Å². The first-order chi connectivity index (χ1) is 8.61. The van der Waals surface area contributed by atoms with Crippen molar-refractivity contribution >= 4 is 5.91 Å². The van der Waals surface area contributed by atoms with E-state index in [0.717, 1.165) is 12.0 Å². The molecule has 1 atom stereocenters. The van der Waals surface area contributed by atoms with Gasteiger partial charge in [-0.25, -0.2) is 0 Å². The molecule has 0 aliphatic carbocycles. The lowest BCUT2D eigenvalue weighted by atomic mass is 10.1. The van der Waals surface area contributed by atoms with E-state index in [0.29, 0.717) is 26.1 Å². The van der Waals surface area contributed by atoms with Crippen molar-refractivity contribution in [3.63, 3.8) is 0 Å². The first-order valence-electron chi connectivity index (χ1n) is 6.31. The van der Waals surface area contributed by atoms with Gasteiger partial charge in [-0.15, -0.1) is 0 Å². The van der Waals surface area contributed by atoms with Gasteiger partial charge in [-0.2, -0.15) is 0 Å². The van der Waals surface area contributed by atoms with Crippen LogP contribution in [0, 0.1) is 0 Å². The number of hydrogen-bond acceptors (Lipinski definition) is 3. The SMILES string of the molecule is CCc1ccc(COCC(N)CCC(N)=O)cc1. The van der Waals surface area contributed by atoms with Crippen molar-refractivity contribution in [2.24, 2.45) is 11.5 Å². The maximum atomic E-state index is 10.6. The van der Waals surface area contributed by atoms with Crippen molar-refractivity contribution < 1.29 is 9.53 Å². The fraction of sp³-hybridized carbons (Fsp3) is 0.500. The van der Waals surface area contributed by atoms with E-state index < -0.39 is 0 Å². The zero-order chi connectivity index (χ0) is 13.4. The fourth-order valence-corrected chi connectivity index (χ4v) is 1.61. The van der Waals surface area contributed by atoms with E-state index in [2.05, 4.69) is 31.2 Å². The lowest BCUT2D eigenvalue weighted by Crippen LogP contribution is -2.28. The summed E-state index contributed by atoms with van der Waals surface area (Å²) in [6.07, 6.45) is 1.93. The number of ether oxygens (including phenoxy) is 1. The van der Waals surface area contributed by atoms with Crippen molar-refractivity contribution in [2.45, 2.75) is 38.8 Å². The number of carbonyl (C=O) groups is 1. The van der Waals surface area contributed by atoms with Crippen LogP contribution in [0.15, 0.2) is 24.3 Å². The molecule has 0 saturated heterocycles. The van der Waals surface area contributed by atoms with E-state index in [-0.39, 0.29) is 11.9 Å². The van der Waals surface area contributed by atoms with Gasteiger partial charge in [-0.05, 0) is 24.0 Å². The molecule has 0 aliphatic rings. The Morgan fingerprint density at radius 2 is 1.89 bits per heavy atom. The topological polar surface area (TPSA) is 78.3 Å². The van der Waals surface area contributed by atoms with E-state index in [1.165, 1.54) is 5.56 Å². The van der Waals surface area contributed by atoms with Gasteiger partial charge >= 0.3 is 0 Å². The Hall–Kier alpha value is -1.39. The third-order valence-electron chi connectivity index (χ3n) is 2.79. The van der Waals surface area contributed by atoms with Crippen LogP contribution in [-0.2, 0) is 22.6 Å². The second-order valence-electron chi connectivity index (χ2n) is 4.45. The Kier molecular flexibility index (Phi) is 6.39. The van der Waals surface area contributed by atoms with Crippen molar-refractivity contribution in [1.82, 2.24) is 0 Å². The second-order valence-corrected chi connectivity index (χ2v) is 4.45. The van der Waals surface area contributed by atoms with E-state index in [1.54, 1.807) is 0 Å². The highest BCUT2D eigenvalue weighted by molar-refractivity contribution is 5.73. The molecule has 18 heavy (non-hydrogen) atoms. The first-order valence-corrected chi connectivity index (χ1v) is 6.31. The fourth-order valence-electron chi connectivity index (χ4n) is 1.61. The highest BCUT2D eigenvalue weighted by atomic mass is 16.5. The van der Waals surface area contributed by atoms with Gasteiger partial charge in [0.05, 0.1) is 13.2 Å². The Morgan fingerprint density at radius 3 is 2.44 bits per heavy atom. The monoisotopic (exact) mass is 250 g/mol. The summed E-state index contributed by atoms with van der Waals surface area (Å²) < 4.78 is 5.51. The van der Waals surface area contributed by atoms with Gasteiger partial charge in [0.15, 0.2) is 0 Å². The molecule has 4 nitrogen and oxygen atoms in total. The molecular weight excluding hydrogens is 228 g/mol. The van der Waals surface area contributed by atoms with Crippen LogP contribution in [-0.4, -0.2) is 18.6 Å². The maximum absolute atomic E-state index is 10.6. The second kappa shape index (κ2) is 7.84. The number of benzene rings is 1. The number of aryl methyl sites for hydroxylation is 1. The van der Waals surface area contributed by atoms with Gasteiger partial charge in [0.1, 0.15) is 0 Å². The zero-order valence-electron chi connectivity index (χ0n) is 10.9. The molecule has 0 saturated carbocycles. The molecule has 1 aromatic carbocycles. The van der Waals surface area contributed by atoms with Crippen LogP contribution in [0.25, 0.3) is 0 Å². The van der Waals surface area contributed by atoms with E-state index in [1.807, 2.05) is 0 Å². The Bertz CT molecular complexity index is 363. The summed E-state index contributed by atoms with van der Waals surface area (Å²) in [7, 11) is 0. The minimum atomic E-state index is -0.319. The van der Waals surface area contributed by atoms with Gasteiger partial charge in [-0.1, -0.05) is 31.2 Å². The Balaban J connectivity index is 2.22. The van der Waals surface area contributed by atoms with Crippen molar-refractivity contribution in [3.05, 3.63) is 35.4 Å². The molecular formula is C14H22N2O2. The molecule has 0 radical (unpaired) electrons. The molecule has 1 aromatic rings. The number of nitrogens with two attached hydrogens (primary N) is 2. The predicted molar refractivity (Wildman–Crippen MR) is 71.9 cm³/mol. The van der Waals surface area contributed by atoms with Crippen LogP contribution < -0.4 is 11.5 Å². The summed E-state index contributed by atoms with van der Waals surface area (Å²) in [6.45, 7) is 3.13. The number of carbonyl (C=O) groups excluding carboxylic acids is 1. The van der Waals surface area contributed by atoms with Crippen LogP contribution in [0.5, 0.6) is 0 Å². The van der Waals surface area contributed by atoms with Crippen molar-refractivity contribution in [1.29, 1.82) is 0 Å². The summed E-state index contributed by atoms with van der Waals surface area (Å²) in [5.74, 6) is -0.319. The van der Waals surface area contributed by atoms with Gasteiger partial charge in [0.2, 0.25) is 5.91 Å². The number of primary amides is 1. The summed E-state index contributed by atoms with van der Waals surface area (Å²) in [6, 6.07) is 8.20. The molecule has 4 N–H and O–H groups in total. The molecule has 1 unspecified atom stereocenters. The molecule has 0 aliphatic heterocycles. The van der Waals surface area contributed by atoms with Crippen LogP contribution in [0.2, 0.25) is 0 Å². The lowest BCUT2D eigenvalue weighted by Gasteiger charge is -2.11. The largest absolute Gasteiger partial charge is 0.375 e. The van der Waals surface area contributed by atoms with Crippen molar-refractivity contribution in [2.75, 3.05) is 6.61 Å². The third-order valence-corrected chi connectivity index (χ3v) is 2.79. The lowest BCUT2D eigenvalue weighted by molar-refractivity contribution is -0.118. The quantitative estimate of drug-likeness (QED) is 0.731. The molecule has 1 rings (SSSR count). The minimum Gasteiger partial charge on any atom is -0.375 e. The summed E-state index contributed by atoms with van der Waals surface area (Å²) in [5, 5.41) is 0. The van der Waals surface area contributed by atoms with Gasteiger partial charge < -0.3 is 16.2 Å². The number of rotatable bonds is 8. The van der Waals surface area contributed by atoms with Crippen molar-refractivity contribution in [3.8, 4) is 0 Å². The molecule has 0 spiro atoms. The van der Waals surface area contributed by atoms with Crippen LogP contribution in [0.1, 0.15) is 30.9 Å². The average Bonchev–Trinajstić information content (AvgIpc) is 2.37. The van der Waals surface area contributed by atoms with E-state index in [4.69, 9.17) is 16.2 Å². The third kappa shape index (κ3) is 5.80. The Morgan fingerprint density at radius 1 is 1.28 bits per heavy atom. The molecule has 0 fully saturated rings. The number of amides is 1. The van der Waals surface area contributed by atoms with Gasteiger partial charge in [-0.3, -0.25) is 4.79 Å². The molecule has 0 heterocycles. The maximum Gasteiger partial charge on any atom is 0.217 e. The predicted octanol–water partition coefficient (Wildman–Crippen LogP) is 1.36. The molecule has 100 valence electrons. The molecule has 0 bridgehead atoms. The van der Waals surface area contributed by atoms with Crippen LogP contribution in [0.3, 0.4) is 0 Å². The van der Waals surface area contributed by atoms with Gasteiger partial charge in [0, 0.05) is 12.5 Å². The van der Waals surface area contributed by atoms with E-state index >= 15 is 0 Å². The highest BCUT2D eigenvalue weighted by Gasteiger charge is 2.05. The molecule has 4 heteroatoms. The summed E-state index contributed by atoms with van der Waals surface area (Å²) in [5.41, 5.74) is 13.3. The highest BCUT2D eigenvalue weighted by Crippen LogP contribution is 2.06. The average molecular weight is 250 g/mol. The normalized spacial score (nSPS) is 12.3. The van der Waals surface area contributed by atoms with E-state index in [9.17, 15) is 4.79 Å². The molecule has 1 amide bonds.